The van der Waals surface area contributed by atoms with E-state index in [9.17, 15) is 5.26 Å². The van der Waals surface area contributed by atoms with E-state index in [1.165, 1.54) is 0 Å². The van der Waals surface area contributed by atoms with Gasteiger partial charge in [0.25, 0.3) is 0 Å². The van der Waals surface area contributed by atoms with Crippen molar-refractivity contribution >= 4 is 0 Å². The van der Waals surface area contributed by atoms with Crippen molar-refractivity contribution in [2.45, 2.75) is 71.9 Å². The highest BCUT2D eigenvalue weighted by Gasteiger charge is 2.39. The van der Waals surface area contributed by atoms with Crippen molar-refractivity contribution in [1.82, 2.24) is 9.80 Å². The number of rotatable bonds is 4. The fourth-order valence-electron chi connectivity index (χ4n) is 2.92. The topological polar surface area (TPSA) is 55.0 Å². The zero-order valence-electron chi connectivity index (χ0n) is 13.1. The predicted octanol–water partition coefficient (Wildman–Crippen LogP) is 2.85. The van der Waals surface area contributed by atoms with Gasteiger partial charge in [-0.2, -0.15) is 15.5 Å². The molecule has 0 amide bonds. The molecule has 1 rings (SSSR count). The SMILES string of the molecule is CCN(C(C)C)C1CC(C#N)N=NC(C)(C)N1CC. The highest BCUT2D eigenvalue weighted by Crippen LogP contribution is 2.29. The molecule has 0 radical (unpaired) electrons. The van der Waals surface area contributed by atoms with Gasteiger partial charge < -0.3 is 0 Å². The number of hydrogen-bond acceptors (Lipinski definition) is 5. The summed E-state index contributed by atoms with van der Waals surface area (Å²) in [6.45, 7) is 14.7. The standard InChI is InChI=1S/C14H27N5/c1-7-18(11(3)4)13-9-12(10-15)16-17-14(5,6)19(13)8-2/h11-13H,7-9H2,1-6H3. The lowest BCUT2D eigenvalue weighted by Gasteiger charge is -2.45. The van der Waals surface area contributed by atoms with E-state index in [0.29, 0.717) is 6.04 Å². The van der Waals surface area contributed by atoms with E-state index in [1.807, 2.05) is 0 Å². The van der Waals surface area contributed by atoms with Crippen LogP contribution in [-0.2, 0) is 0 Å². The van der Waals surface area contributed by atoms with E-state index in [-0.39, 0.29) is 17.9 Å². The molecule has 19 heavy (non-hydrogen) atoms. The molecule has 0 N–H and O–H groups in total. The Labute approximate surface area is 117 Å². The zero-order chi connectivity index (χ0) is 14.6. The van der Waals surface area contributed by atoms with Gasteiger partial charge in [0.05, 0.1) is 12.2 Å². The first-order chi connectivity index (χ1) is 8.87. The Morgan fingerprint density at radius 3 is 2.47 bits per heavy atom. The average molecular weight is 265 g/mol. The summed E-state index contributed by atoms with van der Waals surface area (Å²) >= 11 is 0. The summed E-state index contributed by atoms with van der Waals surface area (Å²) in [6.07, 6.45) is 0.938. The minimum absolute atomic E-state index is 0.213. The highest BCUT2D eigenvalue weighted by atomic mass is 15.5. The first kappa shape index (κ1) is 16.1. The molecule has 0 spiro atoms. The molecule has 0 aliphatic carbocycles. The maximum absolute atomic E-state index is 9.22. The average Bonchev–Trinajstić information content (AvgIpc) is 2.46. The third-order valence-electron chi connectivity index (χ3n) is 3.84. The van der Waals surface area contributed by atoms with Crippen molar-refractivity contribution in [2.75, 3.05) is 13.1 Å². The van der Waals surface area contributed by atoms with Crippen LogP contribution in [0.3, 0.4) is 0 Å². The van der Waals surface area contributed by atoms with E-state index in [2.05, 4.69) is 67.6 Å². The van der Waals surface area contributed by atoms with Gasteiger partial charge in [0.2, 0.25) is 0 Å². The molecule has 0 fully saturated rings. The fourth-order valence-corrected chi connectivity index (χ4v) is 2.92. The van der Waals surface area contributed by atoms with Crippen LogP contribution in [0.5, 0.6) is 0 Å². The van der Waals surface area contributed by atoms with Crippen molar-refractivity contribution in [3.05, 3.63) is 0 Å². The molecule has 1 aliphatic heterocycles. The molecule has 5 heteroatoms. The Hall–Kier alpha value is -0.990. The Kier molecular flexibility index (Phi) is 5.45. The quantitative estimate of drug-likeness (QED) is 0.785. The Balaban J connectivity index is 3.13. The van der Waals surface area contributed by atoms with Crippen molar-refractivity contribution in [2.24, 2.45) is 10.2 Å². The largest absolute Gasteiger partial charge is 0.286 e. The van der Waals surface area contributed by atoms with Gasteiger partial charge in [-0.1, -0.05) is 13.8 Å². The molecule has 0 saturated heterocycles. The van der Waals surface area contributed by atoms with Crippen LogP contribution in [-0.4, -0.2) is 46.8 Å². The van der Waals surface area contributed by atoms with Crippen LogP contribution in [0.15, 0.2) is 10.2 Å². The fraction of sp³-hybridized carbons (Fsp3) is 0.929. The minimum atomic E-state index is -0.354. The Morgan fingerprint density at radius 1 is 1.42 bits per heavy atom. The smallest absolute Gasteiger partial charge is 0.160 e. The van der Waals surface area contributed by atoms with Crippen LogP contribution < -0.4 is 0 Å². The number of nitrogens with zero attached hydrogens (tertiary/aromatic N) is 5. The normalized spacial score (nSPS) is 27.5. The summed E-state index contributed by atoms with van der Waals surface area (Å²) in [5, 5.41) is 17.8. The van der Waals surface area contributed by atoms with Gasteiger partial charge in [-0.05, 0) is 40.8 Å². The molecular formula is C14H27N5. The summed E-state index contributed by atoms with van der Waals surface area (Å²) in [5.74, 6) is 0. The molecule has 0 aromatic rings. The van der Waals surface area contributed by atoms with E-state index >= 15 is 0 Å². The van der Waals surface area contributed by atoms with Gasteiger partial charge in [0.1, 0.15) is 5.66 Å². The van der Waals surface area contributed by atoms with Gasteiger partial charge in [0.15, 0.2) is 6.04 Å². The van der Waals surface area contributed by atoms with E-state index in [0.717, 1.165) is 19.5 Å². The third kappa shape index (κ3) is 3.52. The van der Waals surface area contributed by atoms with Gasteiger partial charge in [0, 0.05) is 12.5 Å². The van der Waals surface area contributed by atoms with Crippen molar-refractivity contribution in [3.8, 4) is 6.07 Å². The van der Waals surface area contributed by atoms with Crippen molar-refractivity contribution < 1.29 is 0 Å². The van der Waals surface area contributed by atoms with Crippen LogP contribution in [0.1, 0.15) is 48.0 Å². The molecule has 1 heterocycles. The lowest BCUT2D eigenvalue weighted by molar-refractivity contribution is -0.0289. The van der Waals surface area contributed by atoms with Crippen molar-refractivity contribution in [1.29, 1.82) is 5.26 Å². The van der Waals surface area contributed by atoms with E-state index in [4.69, 9.17) is 0 Å². The molecule has 0 aromatic carbocycles. The molecule has 0 saturated carbocycles. The minimum Gasteiger partial charge on any atom is -0.286 e. The number of nitriles is 1. The van der Waals surface area contributed by atoms with Crippen LogP contribution in [0, 0.1) is 11.3 Å². The summed E-state index contributed by atoms with van der Waals surface area (Å²) < 4.78 is 0. The third-order valence-corrected chi connectivity index (χ3v) is 3.84. The Morgan fingerprint density at radius 2 is 2.05 bits per heavy atom. The second-order valence-corrected chi connectivity index (χ2v) is 5.78. The molecular weight excluding hydrogens is 238 g/mol. The first-order valence-corrected chi connectivity index (χ1v) is 7.21. The van der Waals surface area contributed by atoms with Gasteiger partial charge in [-0.3, -0.25) is 9.80 Å². The van der Waals surface area contributed by atoms with Crippen LogP contribution >= 0.6 is 0 Å². The predicted molar refractivity (Wildman–Crippen MR) is 76.6 cm³/mol. The summed E-state index contributed by atoms with van der Waals surface area (Å²) in [4.78, 5) is 4.77. The van der Waals surface area contributed by atoms with Crippen LogP contribution in [0.25, 0.3) is 0 Å². The number of azo groups is 1. The van der Waals surface area contributed by atoms with Gasteiger partial charge >= 0.3 is 0 Å². The first-order valence-electron chi connectivity index (χ1n) is 7.21. The molecule has 0 aromatic heterocycles. The molecule has 2 atom stereocenters. The molecule has 5 nitrogen and oxygen atoms in total. The van der Waals surface area contributed by atoms with E-state index in [1.54, 1.807) is 0 Å². The highest BCUT2D eigenvalue weighted by molar-refractivity contribution is 4.98. The summed E-state index contributed by atoms with van der Waals surface area (Å²) in [5.41, 5.74) is -0.354. The lowest BCUT2D eigenvalue weighted by Crippen LogP contribution is -2.57. The monoisotopic (exact) mass is 265 g/mol. The maximum atomic E-state index is 9.22. The summed E-state index contributed by atoms with van der Waals surface area (Å²) in [6, 6.07) is 2.36. The second-order valence-electron chi connectivity index (χ2n) is 5.78. The maximum Gasteiger partial charge on any atom is 0.160 e. The van der Waals surface area contributed by atoms with Gasteiger partial charge in [-0.15, -0.1) is 0 Å². The summed E-state index contributed by atoms with van der Waals surface area (Å²) in [7, 11) is 0. The second kappa shape index (κ2) is 6.44. The molecule has 2 unspecified atom stereocenters. The molecule has 0 bridgehead atoms. The Bertz CT molecular complexity index is 355. The number of hydrogen-bond donors (Lipinski definition) is 0. The molecule has 108 valence electrons. The van der Waals surface area contributed by atoms with Gasteiger partial charge in [-0.25, -0.2) is 0 Å². The zero-order valence-corrected chi connectivity index (χ0v) is 13.1. The van der Waals surface area contributed by atoms with Crippen molar-refractivity contribution in [3.63, 3.8) is 0 Å². The van der Waals surface area contributed by atoms with E-state index < -0.39 is 0 Å². The molecule has 1 aliphatic rings. The lowest BCUT2D eigenvalue weighted by atomic mass is 10.1. The van der Waals surface area contributed by atoms with Crippen LogP contribution in [0.4, 0.5) is 0 Å². The van der Waals surface area contributed by atoms with Crippen LogP contribution in [0.2, 0.25) is 0 Å².